The molecule has 3 nitrogen and oxygen atoms in total. The lowest BCUT2D eigenvalue weighted by atomic mass is 10.1. The Balaban J connectivity index is 2.72. The third kappa shape index (κ3) is 1.93. The SMILES string of the molecule is CCN1CC(C)CCS1(=O)=O. The van der Waals surface area contributed by atoms with Gasteiger partial charge in [0.1, 0.15) is 0 Å². The number of rotatable bonds is 1. The maximum Gasteiger partial charge on any atom is 0.214 e. The van der Waals surface area contributed by atoms with Gasteiger partial charge < -0.3 is 0 Å². The second-order valence-electron chi connectivity index (χ2n) is 3.16. The number of nitrogens with zero attached hydrogens (tertiary/aromatic N) is 1. The average Bonchev–Trinajstić information content (AvgIpc) is 1.94. The lowest BCUT2D eigenvalue weighted by Gasteiger charge is -2.29. The van der Waals surface area contributed by atoms with Crippen LogP contribution < -0.4 is 0 Å². The molecule has 1 aliphatic heterocycles. The summed E-state index contributed by atoms with van der Waals surface area (Å²) in [6.07, 6.45) is 0.818. The van der Waals surface area contributed by atoms with E-state index in [9.17, 15) is 8.42 Å². The van der Waals surface area contributed by atoms with Gasteiger partial charge in [0.05, 0.1) is 5.75 Å². The number of hydrogen-bond donors (Lipinski definition) is 0. The standard InChI is InChI=1S/C7H15NO2S/c1-3-8-6-7(2)4-5-11(8,9)10/h7H,3-6H2,1-2H3. The van der Waals surface area contributed by atoms with Crippen LogP contribution in [0, 0.1) is 5.92 Å². The van der Waals surface area contributed by atoms with E-state index in [2.05, 4.69) is 6.92 Å². The van der Waals surface area contributed by atoms with Gasteiger partial charge in [-0.15, -0.1) is 0 Å². The third-order valence-electron chi connectivity index (χ3n) is 2.13. The molecular formula is C7H15NO2S. The zero-order valence-corrected chi connectivity index (χ0v) is 7.89. The molecule has 0 saturated carbocycles. The molecule has 0 bridgehead atoms. The van der Waals surface area contributed by atoms with Crippen LogP contribution in [0.15, 0.2) is 0 Å². The van der Waals surface area contributed by atoms with Crippen LogP contribution in [-0.4, -0.2) is 31.6 Å². The van der Waals surface area contributed by atoms with E-state index < -0.39 is 10.0 Å². The van der Waals surface area contributed by atoms with Crippen molar-refractivity contribution in [1.29, 1.82) is 0 Å². The Morgan fingerprint density at radius 2 is 2.18 bits per heavy atom. The van der Waals surface area contributed by atoms with E-state index in [1.165, 1.54) is 0 Å². The van der Waals surface area contributed by atoms with Crippen LogP contribution in [0.2, 0.25) is 0 Å². The highest BCUT2D eigenvalue weighted by atomic mass is 32.2. The Hall–Kier alpha value is -0.0900. The smallest absolute Gasteiger partial charge is 0.212 e. The molecule has 1 atom stereocenters. The summed E-state index contributed by atoms with van der Waals surface area (Å²) in [6, 6.07) is 0. The van der Waals surface area contributed by atoms with Crippen LogP contribution in [0.4, 0.5) is 0 Å². The fourth-order valence-corrected chi connectivity index (χ4v) is 3.19. The van der Waals surface area contributed by atoms with E-state index in [1.807, 2.05) is 6.92 Å². The zero-order chi connectivity index (χ0) is 8.48. The highest BCUT2D eigenvalue weighted by molar-refractivity contribution is 7.89. The van der Waals surface area contributed by atoms with E-state index >= 15 is 0 Å². The molecule has 0 amide bonds. The first kappa shape index (κ1) is 9.00. The van der Waals surface area contributed by atoms with Crippen LogP contribution >= 0.6 is 0 Å². The highest BCUT2D eigenvalue weighted by Crippen LogP contribution is 2.17. The number of sulfonamides is 1. The first-order valence-electron chi connectivity index (χ1n) is 4.04. The van der Waals surface area contributed by atoms with E-state index in [0.29, 0.717) is 24.8 Å². The summed E-state index contributed by atoms with van der Waals surface area (Å²) in [5.74, 6) is 0.862. The summed E-state index contributed by atoms with van der Waals surface area (Å²) in [7, 11) is -2.87. The van der Waals surface area contributed by atoms with Crippen molar-refractivity contribution < 1.29 is 8.42 Å². The van der Waals surface area contributed by atoms with Crippen molar-refractivity contribution in [3.63, 3.8) is 0 Å². The van der Waals surface area contributed by atoms with Crippen molar-refractivity contribution in [1.82, 2.24) is 4.31 Å². The Morgan fingerprint density at radius 1 is 1.55 bits per heavy atom. The van der Waals surface area contributed by atoms with Crippen LogP contribution in [0.1, 0.15) is 20.3 Å². The van der Waals surface area contributed by atoms with Crippen LogP contribution in [0.5, 0.6) is 0 Å². The van der Waals surface area contributed by atoms with E-state index in [4.69, 9.17) is 0 Å². The van der Waals surface area contributed by atoms with Gasteiger partial charge in [0.2, 0.25) is 10.0 Å². The van der Waals surface area contributed by atoms with Crippen LogP contribution in [-0.2, 0) is 10.0 Å². The maximum atomic E-state index is 11.3. The molecule has 1 saturated heterocycles. The lowest BCUT2D eigenvalue weighted by molar-refractivity contribution is 0.337. The zero-order valence-electron chi connectivity index (χ0n) is 7.08. The molecule has 4 heteroatoms. The van der Waals surface area contributed by atoms with E-state index in [1.54, 1.807) is 4.31 Å². The molecule has 1 heterocycles. The van der Waals surface area contributed by atoms with Crippen molar-refractivity contribution in [3.05, 3.63) is 0 Å². The first-order valence-corrected chi connectivity index (χ1v) is 5.65. The molecule has 0 spiro atoms. The topological polar surface area (TPSA) is 37.4 Å². The summed E-state index contributed by atoms with van der Waals surface area (Å²) in [6.45, 7) is 5.30. The maximum absolute atomic E-state index is 11.3. The second-order valence-corrected chi connectivity index (χ2v) is 5.25. The van der Waals surface area contributed by atoms with Crippen molar-refractivity contribution in [3.8, 4) is 0 Å². The summed E-state index contributed by atoms with van der Waals surface area (Å²) >= 11 is 0. The third-order valence-corrected chi connectivity index (χ3v) is 4.08. The van der Waals surface area contributed by atoms with Gasteiger partial charge in [-0.3, -0.25) is 0 Å². The van der Waals surface area contributed by atoms with Gasteiger partial charge >= 0.3 is 0 Å². The van der Waals surface area contributed by atoms with E-state index in [-0.39, 0.29) is 0 Å². The van der Waals surface area contributed by atoms with Gasteiger partial charge in [0.25, 0.3) is 0 Å². The van der Waals surface area contributed by atoms with Gasteiger partial charge in [-0.25, -0.2) is 12.7 Å². The van der Waals surface area contributed by atoms with Crippen molar-refractivity contribution in [2.75, 3.05) is 18.8 Å². The van der Waals surface area contributed by atoms with Crippen LogP contribution in [0.3, 0.4) is 0 Å². The summed E-state index contributed by atoms with van der Waals surface area (Å²) < 4.78 is 24.1. The molecule has 0 aromatic heterocycles. The second kappa shape index (κ2) is 3.11. The molecule has 0 aromatic rings. The number of hydrogen-bond acceptors (Lipinski definition) is 2. The Labute approximate surface area is 68.4 Å². The highest BCUT2D eigenvalue weighted by Gasteiger charge is 2.27. The molecule has 1 fully saturated rings. The fraction of sp³-hybridized carbons (Fsp3) is 1.00. The largest absolute Gasteiger partial charge is 0.214 e. The van der Waals surface area contributed by atoms with Crippen LogP contribution in [0.25, 0.3) is 0 Å². The van der Waals surface area contributed by atoms with Gasteiger partial charge in [0, 0.05) is 13.1 Å². The lowest BCUT2D eigenvalue weighted by Crippen LogP contribution is -2.41. The molecule has 0 N–H and O–H groups in total. The Morgan fingerprint density at radius 3 is 2.64 bits per heavy atom. The predicted molar refractivity (Wildman–Crippen MR) is 44.8 cm³/mol. The monoisotopic (exact) mass is 177 g/mol. The molecule has 1 aliphatic rings. The minimum atomic E-state index is -2.87. The molecule has 0 aliphatic carbocycles. The Bertz CT molecular complexity index is 223. The minimum absolute atomic E-state index is 0.335. The molecule has 11 heavy (non-hydrogen) atoms. The predicted octanol–water partition coefficient (Wildman–Crippen LogP) is 0.678. The molecule has 1 unspecified atom stereocenters. The summed E-state index contributed by atoms with van der Waals surface area (Å²) in [4.78, 5) is 0. The van der Waals surface area contributed by atoms with Crippen molar-refractivity contribution >= 4 is 10.0 Å². The molecule has 66 valence electrons. The van der Waals surface area contributed by atoms with Gasteiger partial charge in [-0.1, -0.05) is 13.8 Å². The fourth-order valence-electron chi connectivity index (χ4n) is 1.36. The van der Waals surface area contributed by atoms with Crippen molar-refractivity contribution in [2.24, 2.45) is 5.92 Å². The molecule has 1 rings (SSSR count). The Kier molecular flexibility index (Phi) is 2.54. The normalized spacial score (nSPS) is 32.0. The summed E-state index contributed by atoms with van der Waals surface area (Å²) in [5.41, 5.74) is 0. The first-order chi connectivity index (χ1) is 5.06. The van der Waals surface area contributed by atoms with Gasteiger partial charge in [0.15, 0.2) is 0 Å². The average molecular weight is 177 g/mol. The molecule has 0 radical (unpaired) electrons. The molecule has 0 aromatic carbocycles. The van der Waals surface area contributed by atoms with E-state index in [0.717, 1.165) is 6.42 Å². The quantitative estimate of drug-likeness (QED) is 0.590. The van der Waals surface area contributed by atoms with Gasteiger partial charge in [-0.2, -0.15) is 0 Å². The van der Waals surface area contributed by atoms with Crippen molar-refractivity contribution in [2.45, 2.75) is 20.3 Å². The minimum Gasteiger partial charge on any atom is -0.212 e. The summed E-state index contributed by atoms with van der Waals surface area (Å²) in [5, 5.41) is 0. The van der Waals surface area contributed by atoms with Gasteiger partial charge in [-0.05, 0) is 12.3 Å². The molecular weight excluding hydrogens is 162 g/mol.